The van der Waals surface area contributed by atoms with Gasteiger partial charge in [0.1, 0.15) is 17.7 Å². The van der Waals surface area contributed by atoms with Crippen LogP contribution in [-0.4, -0.2) is 21.0 Å². The van der Waals surface area contributed by atoms with E-state index in [2.05, 4.69) is 9.97 Å². The van der Waals surface area contributed by atoms with E-state index in [4.69, 9.17) is 15.2 Å². The molecule has 0 aliphatic heterocycles. The van der Waals surface area contributed by atoms with Crippen LogP contribution >= 0.6 is 0 Å². The zero-order chi connectivity index (χ0) is 16.9. The molecule has 0 saturated heterocycles. The molecule has 0 radical (unpaired) electrons. The van der Waals surface area contributed by atoms with Crippen molar-refractivity contribution in [1.82, 2.24) is 9.97 Å². The largest absolute Gasteiger partial charge is 0.490 e. The molecule has 0 spiro atoms. The van der Waals surface area contributed by atoms with Crippen molar-refractivity contribution in [2.45, 2.75) is 38.2 Å². The van der Waals surface area contributed by atoms with E-state index >= 15 is 0 Å². The van der Waals surface area contributed by atoms with Gasteiger partial charge in [0.15, 0.2) is 0 Å². The first-order valence-corrected chi connectivity index (χ1v) is 7.83. The van der Waals surface area contributed by atoms with Crippen LogP contribution in [0.5, 0.6) is 17.5 Å². The van der Waals surface area contributed by atoms with Gasteiger partial charge in [0.2, 0.25) is 5.82 Å². The van der Waals surface area contributed by atoms with Gasteiger partial charge in [-0.1, -0.05) is 6.42 Å². The Bertz CT molecular complexity index is 715. The number of hydrogen-bond acceptors (Lipinski definition) is 7. The second-order valence-corrected chi connectivity index (χ2v) is 5.63. The summed E-state index contributed by atoms with van der Waals surface area (Å²) >= 11 is 0. The summed E-state index contributed by atoms with van der Waals surface area (Å²) < 4.78 is 11.4. The summed E-state index contributed by atoms with van der Waals surface area (Å²) in [4.78, 5) is 17.6. The molecule has 1 saturated carbocycles. The molecule has 8 nitrogen and oxygen atoms in total. The van der Waals surface area contributed by atoms with Gasteiger partial charge in [0, 0.05) is 0 Å². The third-order valence-corrected chi connectivity index (χ3v) is 3.86. The monoisotopic (exact) mass is 330 g/mol. The summed E-state index contributed by atoms with van der Waals surface area (Å²) in [5, 5.41) is 10.7. The minimum Gasteiger partial charge on any atom is -0.490 e. The van der Waals surface area contributed by atoms with Crippen molar-refractivity contribution in [1.29, 1.82) is 0 Å². The number of benzene rings is 1. The first kappa shape index (κ1) is 16.0. The molecule has 2 aromatic rings. The molecule has 0 bridgehead atoms. The third-order valence-electron chi connectivity index (χ3n) is 3.86. The average Bonchev–Trinajstić information content (AvgIpc) is 2.57. The van der Waals surface area contributed by atoms with E-state index < -0.39 is 4.92 Å². The van der Waals surface area contributed by atoms with Crippen LogP contribution in [0.3, 0.4) is 0 Å². The fraction of sp³-hybridized carbons (Fsp3) is 0.375. The van der Waals surface area contributed by atoms with Gasteiger partial charge in [-0.05, 0) is 49.9 Å². The van der Waals surface area contributed by atoms with Gasteiger partial charge in [-0.25, -0.2) is 0 Å². The highest BCUT2D eigenvalue weighted by molar-refractivity contribution is 5.50. The van der Waals surface area contributed by atoms with Gasteiger partial charge in [0.25, 0.3) is 0 Å². The minimum atomic E-state index is -0.642. The Labute approximate surface area is 138 Å². The van der Waals surface area contributed by atoms with Crippen molar-refractivity contribution < 1.29 is 14.4 Å². The highest BCUT2D eigenvalue weighted by atomic mass is 16.6. The number of hydrogen-bond donors (Lipinski definition) is 1. The Morgan fingerprint density at radius 1 is 1.12 bits per heavy atom. The number of rotatable bonds is 5. The highest BCUT2D eigenvalue weighted by Crippen LogP contribution is 2.27. The summed E-state index contributed by atoms with van der Waals surface area (Å²) in [5.74, 6) is 1.06. The van der Waals surface area contributed by atoms with Crippen LogP contribution in [0.1, 0.15) is 32.1 Å². The molecule has 1 aliphatic carbocycles. The molecule has 3 rings (SSSR count). The van der Waals surface area contributed by atoms with Crippen molar-refractivity contribution >= 4 is 11.5 Å². The number of nitrogens with two attached hydrogens (primary N) is 1. The molecular weight excluding hydrogens is 312 g/mol. The van der Waals surface area contributed by atoms with Crippen LogP contribution in [0.2, 0.25) is 0 Å². The molecular formula is C16H18N4O4. The lowest BCUT2D eigenvalue weighted by Crippen LogP contribution is -2.19. The van der Waals surface area contributed by atoms with Crippen molar-refractivity contribution in [3.63, 3.8) is 0 Å². The highest BCUT2D eigenvalue weighted by Gasteiger charge is 2.16. The molecule has 0 atom stereocenters. The molecule has 1 heterocycles. The lowest BCUT2D eigenvalue weighted by molar-refractivity contribution is -0.384. The van der Waals surface area contributed by atoms with Crippen LogP contribution in [-0.2, 0) is 0 Å². The fourth-order valence-electron chi connectivity index (χ4n) is 2.63. The average molecular weight is 330 g/mol. The van der Waals surface area contributed by atoms with E-state index in [1.807, 2.05) is 12.1 Å². The summed E-state index contributed by atoms with van der Waals surface area (Å²) in [7, 11) is 0. The van der Waals surface area contributed by atoms with E-state index in [0.717, 1.165) is 24.8 Å². The number of ether oxygens (including phenoxy) is 2. The maximum Gasteiger partial charge on any atom is 0.329 e. The normalized spacial score (nSPS) is 15.0. The Kier molecular flexibility index (Phi) is 4.74. The van der Waals surface area contributed by atoms with E-state index in [1.54, 1.807) is 12.1 Å². The molecule has 0 unspecified atom stereocenters. The smallest absolute Gasteiger partial charge is 0.329 e. The number of nitro groups is 1. The van der Waals surface area contributed by atoms with Gasteiger partial charge in [-0.3, -0.25) is 10.1 Å². The topological polar surface area (TPSA) is 113 Å². The first-order valence-electron chi connectivity index (χ1n) is 7.83. The predicted octanol–water partition coefficient (Wildman–Crippen LogP) is 3.47. The van der Waals surface area contributed by atoms with Gasteiger partial charge >= 0.3 is 11.7 Å². The minimum absolute atomic E-state index is 0.0425. The molecule has 1 aromatic heterocycles. The van der Waals surface area contributed by atoms with Gasteiger partial charge < -0.3 is 15.2 Å². The first-order chi connectivity index (χ1) is 11.6. The van der Waals surface area contributed by atoms with E-state index in [9.17, 15) is 10.1 Å². The molecule has 1 aromatic carbocycles. The maximum atomic E-state index is 10.7. The zero-order valence-corrected chi connectivity index (χ0v) is 13.1. The number of nitrogen functional groups attached to an aromatic ring is 1. The second kappa shape index (κ2) is 7.12. The van der Waals surface area contributed by atoms with Crippen LogP contribution in [0, 0.1) is 10.1 Å². The van der Waals surface area contributed by atoms with Crippen molar-refractivity contribution in [2.24, 2.45) is 0 Å². The Hall–Kier alpha value is -2.90. The predicted molar refractivity (Wildman–Crippen MR) is 87.1 cm³/mol. The Morgan fingerprint density at radius 3 is 2.42 bits per heavy atom. The second-order valence-electron chi connectivity index (χ2n) is 5.63. The lowest BCUT2D eigenvalue weighted by Gasteiger charge is -2.23. The summed E-state index contributed by atoms with van der Waals surface area (Å²) in [6.07, 6.45) is 7.20. The van der Waals surface area contributed by atoms with E-state index in [-0.39, 0.29) is 23.6 Å². The summed E-state index contributed by atoms with van der Waals surface area (Å²) in [6.45, 7) is 0. The zero-order valence-electron chi connectivity index (χ0n) is 13.1. The van der Waals surface area contributed by atoms with E-state index in [0.29, 0.717) is 5.75 Å². The van der Waals surface area contributed by atoms with Gasteiger partial charge in [0.05, 0.1) is 11.0 Å². The van der Waals surface area contributed by atoms with Gasteiger partial charge in [-0.15, -0.1) is 0 Å². The molecule has 8 heteroatoms. The Balaban J connectivity index is 1.63. The van der Waals surface area contributed by atoms with Crippen molar-refractivity contribution in [3.8, 4) is 17.5 Å². The van der Waals surface area contributed by atoms with Crippen LogP contribution in [0.15, 0.2) is 30.5 Å². The van der Waals surface area contributed by atoms with Gasteiger partial charge in [-0.2, -0.15) is 9.97 Å². The summed E-state index contributed by atoms with van der Waals surface area (Å²) in [5.41, 5.74) is 5.16. The van der Waals surface area contributed by atoms with Crippen molar-refractivity contribution in [3.05, 3.63) is 40.6 Å². The van der Waals surface area contributed by atoms with Crippen LogP contribution in [0.4, 0.5) is 11.5 Å². The molecule has 126 valence electrons. The molecule has 2 N–H and O–H groups in total. The number of nitrogens with zero attached hydrogens (tertiary/aromatic N) is 3. The third kappa shape index (κ3) is 3.89. The summed E-state index contributed by atoms with van der Waals surface area (Å²) in [6, 6.07) is 7.06. The maximum absolute atomic E-state index is 10.7. The molecule has 1 fully saturated rings. The van der Waals surface area contributed by atoms with E-state index in [1.165, 1.54) is 19.3 Å². The molecule has 0 amide bonds. The standard InChI is InChI=1S/C16H18N4O4/c17-15-14(20(21)22)10-18-16(19-15)24-13-8-6-12(7-9-13)23-11-4-2-1-3-5-11/h6-11H,1-5H2,(H2,17,18,19). The number of aromatic nitrogens is 2. The van der Waals surface area contributed by atoms with Crippen LogP contribution < -0.4 is 15.2 Å². The fourth-order valence-corrected chi connectivity index (χ4v) is 2.63. The number of anilines is 1. The SMILES string of the molecule is Nc1nc(Oc2ccc(OC3CCCCC3)cc2)ncc1[N+](=O)[O-]. The Morgan fingerprint density at radius 2 is 1.79 bits per heavy atom. The quantitative estimate of drug-likeness (QED) is 0.659. The molecule has 24 heavy (non-hydrogen) atoms. The van der Waals surface area contributed by atoms with Crippen LogP contribution in [0.25, 0.3) is 0 Å². The van der Waals surface area contributed by atoms with Crippen molar-refractivity contribution in [2.75, 3.05) is 5.73 Å². The molecule has 1 aliphatic rings. The lowest BCUT2D eigenvalue weighted by atomic mass is 9.98.